The van der Waals surface area contributed by atoms with Crippen LogP contribution in [0.2, 0.25) is 0 Å². The van der Waals surface area contributed by atoms with Gasteiger partial charge in [0.05, 0.1) is 6.54 Å². The van der Waals surface area contributed by atoms with E-state index in [1.54, 1.807) is 6.08 Å². The molecule has 0 aromatic heterocycles. The number of carbonyl (C=O) groups is 3. The number of benzene rings is 1. The molecule has 1 unspecified atom stereocenters. The molecule has 0 spiro atoms. The van der Waals surface area contributed by atoms with Crippen LogP contribution in [0.1, 0.15) is 25.8 Å². The quantitative estimate of drug-likeness (QED) is 0.538. The number of rotatable bonds is 8. The van der Waals surface area contributed by atoms with Crippen molar-refractivity contribution in [2.24, 2.45) is 5.92 Å². The Morgan fingerprint density at radius 3 is 2.71 bits per heavy atom. The van der Waals surface area contributed by atoms with Crippen LogP contribution in [-0.4, -0.2) is 57.9 Å². The molecule has 1 atom stereocenters. The lowest BCUT2D eigenvalue weighted by atomic mass is 10.1. The zero-order valence-electron chi connectivity index (χ0n) is 16.3. The lowest BCUT2D eigenvalue weighted by Crippen LogP contribution is -2.57. The molecule has 2 aliphatic rings. The third-order valence-electron chi connectivity index (χ3n) is 4.64. The fourth-order valence-electron chi connectivity index (χ4n) is 3.31. The maximum Gasteiger partial charge on any atom is 0.501 e. The van der Waals surface area contributed by atoms with Gasteiger partial charge in [0.2, 0.25) is 0 Å². The van der Waals surface area contributed by atoms with E-state index in [0.29, 0.717) is 18.8 Å². The zero-order chi connectivity index (χ0) is 20.1. The summed E-state index contributed by atoms with van der Waals surface area (Å²) in [5, 5.41) is 4.27. The van der Waals surface area contributed by atoms with Crippen LogP contribution in [0, 0.1) is 5.92 Å². The highest BCUT2D eigenvalue weighted by Crippen LogP contribution is 2.28. The number of nitrogens with one attached hydrogen (secondary N) is 1. The van der Waals surface area contributed by atoms with Gasteiger partial charge in [0.25, 0.3) is 5.91 Å². The van der Waals surface area contributed by atoms with Crippen molar-refractivity contribution in [3.05, 3.63) is 47.4 Å². The third-order valence-corrected chi connectivity index (χ3v) is 5.65. The minimum absolute atomic E-state index is 0.0667. The molecule has 28 heavy (non-hydrogen) atoms. The molecular weight excluding hydrogens is 374 g/mol. The Morgan fingerprint density at radius 1 is 1.25 bits per heavy atom. The summed E-state index contributed by atoms with van der Waals surface area (Å²) in [5.41, 5.74) is 1.84. The van der Waals surface area contributed by atoms with Crippen LogP contribution in [0.25, 0.3) is 0 Å². The second-order valence-electron chi connectivity index (χ2n) is 7.39. The molecule has 0 saturated heterocycles. The predicted molar refractivity (Wildman–Crippen MR) is 110 cm³/mol. The molecule has 2 heterocycles. The molecule has 2 aliphatic heterocycles. The van der Waals surface area contributed by atoms with E-state index in [2.05, 4.69) is 17.4 Å². The summed E-state index contributed by atoms with van der Waals surface area (Å²) >= 11 is 1.38. The number of amides is 4. The molecule has 1 aromatic carbocycles. The Kier molecular flexibility index (Phi) is 6.67. The first kappa shape index (κ1) is 20.3. The highest BCUT2D eigenvalue weighted by Gasteiger charge is 2.49. The SMILES string of the molecule is CC(C)CN1C(=O)C2SC=CC2=[N+](CC(=O)NCCCc2ccccc2)C1=O. The second kappa shape index (κ2) is 9.19. The van der Waals surface area contributed by atoms with Crippen molar-refractivity contribution < 1.29 is 19.0 Å². The first-order valence-corrected chi connectivity index (χ1v) is 10.5. The van der Waals surface area contributed by atoms with E-state index in [0.717, 1.165) is 12.8 Å². The van der Waals surface area contributed by atoms with Crippen LogP contribution in [0.3, 0.4) is 0 Å². The predicted octanol–water partition coefficient (Wildman–Crippen LogP) is 2.44. The van der Waals surface area contributed by atoms with Gasteiger partial charge in [-0.05, 0) is 35.8 Å². The normalized spacial score (nSPS) is 18.8. The number of imide groups is 1. The lowest BCUT2D eigenvalue weighted by molar-refractivity contribution is -0.426. The summed E-state index contributed by atoms with van der Waals surface area (Å²) in [5.74, 6) is -0.234. The van der Waals surface area contributed by atoms with Crippen LogP contribution < -0.4 is 5.32 Å². The smallest absolute Gasteiger partial charge is 0.353 e. The standard InChI is InChI=1S/C21H25N3O3S/c1-15(2)13-24-20(26)19-17(10-12-28-19)23(21(24)27)14-18(25)22-11-6-9-16-7-4-3-5-8-16/h3-5,7-8,10,12,15,19H,6,9,11,13-14H2,1-2H3/p+1. The molecule has 148 valence electrons. The van der Waals surface area contributed by atoms with Gasteiger partial charge in [-0.2, -0.15) is 14.3 Å². The summed E-state index contributed by atoms with van der Waals surface area (Å²) in [4.78, 5) is 39.2. The van der Waals surface area contributed by atoms with E-state index in [9.17, 15) is 14.4 Å². The van der Waals surface area contributed by atoms with Crippen molar-refractivity contribution in [1.29, 1.82) is 0 Å². The van der Waals surface area contributed by atoms with Gasteiger partial charge in [-0.25, -0.2) is 4.79 Å². The number of hydrogen-bond donors (Lipinski definition) is 1. The van der Waals surface area contributed by atoms with Gasteiger partial charge in [-0.15, -0.1) is 11.8 Å². The summed E-state index contributed by atoms with van der Waals surface area (Å²) in [6, 6.07) is 9.71. The fourth-order valence-corrected chi connectivity index (χ4v) is 4.27. The van der Waals surface area contributed by atoms with Crippen molar-refractivity contribution in [1.82, 2.24) is 10.2 Å². The van der Waals surface area contributed by atoms with Gasteiger partial charge in [0.15, 0.2) is 11.8 Å². The van der Waals surface area contributed by atoms with Crippen molar-refractivity contribution in [3.63, 3.8) is 0 Å². The number of hydrogen-bond acceptors (Lipinski definition) is 4. The van der Waals surface area contributed by atoms with Gasteiger partial charge >= 0.3 is 11.9 Å². The summed E-state index contributed by atoms with van der Waals surface area (Å²) in [6.45, 7) is 4.76. The van der Waals surface area contributed by atoms with E-state index < -0.39 is 11.3 Å². The maximum atomic E-state index is 12.9. The minimum atomic E-state index is -0.428. The van der Waals surface area contributed by atoms with Gasteiger partial charge in [0.1, 0.15) is 5.71 Å². The molecule has 1 N–H and O–H groups in total. The van der Waals surface area contributed by atoms with Gasteiger partial charge in [0, 0.05) is 6.54 Å². The monoisotopic (exact) mass is 400 g/mol. The Balaban J connectivity index is 1.60. The molecule has 0 bridgehead atoms. The average molecular weight is 401 g/mol. The number of aryl methyl sites for hydroxylation is 1. The first-order chi connectivity index (χ1) is 13.5. The van der Waals surface area contributed by atoms with Crippen molar-refractivity contribution >= 4 is 35.3 Å². The summed E-state index contributed by atoms with van der Waals surface area (Å²) < 4.78 is 1.44. The van der Waals surface area contributed by atoms with E-state index in [1.807, 2.05) is 37.5 Å². The number of fused-ring (bicyclic) bond motifs is 1. The van der Waals surface area contributed by atoms with Crippen molar-refractivity contribution in [3.8, 4) is 0 Å². The lowest BCUT2D eigenvalue weighted by Gasteiger charge is -2.25. The second-order valence-corrected chi connectivity index (χ2v) is 8.41. The molecule has 6 nitrogen and oxygen atoms in total. The Labute approximate surface area is 169 Å². The highest BCUT2D eigenvalue weighted by atomic mass is 32.2. The summed E-state index contributed by atoms with van der Waals surface area (Å²) in [7, 11) is 0. The van der Waals surface area contributed by atoms with E-state index in [-0.39, 0.29) is 24.3 Å². The largest absolute Gasteiger partial charge is 0.501 e. The van der Waals surface area contributed by atoms with Crippen LogP contribution in [0.5, 0.6) is 0 Å². The van der Waals surface area contributed by atoms with Gasteiger partial charge < -0.3 is 5.32 Å². The number of allylic oxidation sites excluding steroid dienone is 1. The van der Waals surface area contributed by atoms with Gasteiger partial charge in [-0.1, -0.05) is 44.2 Å². The third kappa shape index (κ3) is 4.70. The highest BCUT2D eigenvalue weighted by molar-refractivity contribution is 8.04. The van der Waals surface area contributed by atoms with Crippen LogP contribution >= 0.6 is 11.8 Å². The van der Waals surface area contributed by atoms with E-state index in [1.165, 1.54) is 26.8 Å². The molecule has 0 saturated carbocycles. The topological polar surface area (TPSA) is 69.5 Å². The van der Waals surface area contributed by atoms with Crippen molar-refractivity contribution in [2.75, 3.05) is 19.6 Å². The number of thioether (sulfide) groups is 1. The average Bonchev–Trinajstić information content (AvgIpc) is 3.16. The zero-order valence-corrected chi connectivity index (χ0v) is 17.1. The van der Waals surface area contributed by atoms with Gasteiger partial charge in [-0.3, -0.25) is 4.79 Å². The van der Waals surface area contributed by atoms with Crippen LogP contribution in [-0.2, 0) is 16.0 Å². The molecule has 4 amide bonds. The number of carbonyl (C=O) groups excluding carboxylic acids is 3. The molecule has 3 rings (SSSR count). The Morgan fingerprint density at radius 2 is 2.00 bits per heavy atom. The minimum Gasteiger partial charge on any atom is -0.353 e. The number of nitrogens with zero attached hydrogens (tertiary/aromatic N) is 2. The number of urea groups is 1. The summed E-state index contributed by atoms with van der Waals surface area (Å²) in [6.07, 6.45) is 3.48. The van der Waals surface area contributed by atoms with Crippen LogP contribution in [0.4, 0.5) is 4.79 Å². The molecule has 0 fully saturated rings. The van der Waals surface area contributed by atoms with Crippen LogP contribution in [0.15, 0.2) is 41.8 Å². The van der Waals surface area contributed by atoms with E-state index in [4.69, 9.17) is 0 Å². The molecule has 7 heteroatoms. The van der Waals surface area contributed by atoms with E-state index >= 15 is 0 Å². The Bertz CT molecular complexity index is 817. The molecule has 0 aliphatic carbocycles. The first-order valence-electron chi connectivity index (χ1n) is 9.59. The van der Waals surface area contributed by atoms with Crippen molar-refractivity contribution in [2.45, 2.75) is 31.9 Å². The maximum absolute atomic E-state index is 12.9. The molecule has 1 aromatic rings. The molecule has 0 radical (unpaired) electrons. The molecular formula is C21H26N3O3S+. The fraction of sp³-hybridized carbons (Fsp3) is 0.429. The Hall–Kier alpha value is -2.41.